The molecule has 0 bridgehead atoms. The van der Waals surface area contributed by atoms with Crippen LogP contribution in [0.2, 0.25) is 10.0 Å². The SMILES string of the molecule is O=C(CC1(O)C(=O)N(Cc2c(F)cccc2Cl)c2ccccc21)c1ccccc1Cl. The highest BCUT2D eigenvalue weighted by Gasteiger charge is 2.51. The first-order chi connectivity index (χ1) is 14.3. The zero-order chi connectivity index (χ0) is 21.5. The Kier molecular flexibility index (Phi) is 5.36. The lowest BCUT2D eigenvalue weighted by Gasteiger charge is -2.23. The summed E-state index contributed by atoms with van der Waals surface area (Å²) in [5.74, 6) is -1.75. The van der Waals surface area contributed by atoms with Crippen LogP contribution in [-0.2, 0) is 16.9 Å². The number of benzene rings is 3. The molecule has 152 valence electrons. The second-order valence-electron chi connectivity index (χ2n) is 7.05. The average Bonchev–Trinajstić information content (AvgIpc) is 2.93. The van der Waals surface area contributed by atoms with Gasteiger partial charge in [-0.05, 0) is 30.3 Å². The maximum atomic E-state index is 14.3. The standard InChI is InChI=1S/C23H16Cl2FNO3/c24-17-8-3-1-6-14(17)21(28)12-23(30)16-7-2-4-11-20(16)27(22(23)29)13-15-18(25)9-5-10-19(15)26/h1-11,30H,12-13H2. The minimum atomic E-state index is -2.09. The van der Waals surface area contributed by atoms with Gasteiger partial charge in [0.25, 0.3) is 5.91 Å². The van der Waals surface area contributed by atoms with E-state index in [2.05, 4.69) is 0 Å². The molecular weight excluding hydrogens is 428 g/mol. The maximum absolute atomic E-state index is 14.3. The van der Waals surface area contributed by atoms with Crippen molar-refractivity contribution in [1.29, 1.82) is 0 Å². The van der Waals surface area contributed by atoms with Crippen molar-refractivity contribution in [3.05, 3.63) is 99.3 Å². The smallest absolute Gasteiger partial charge is 0.264 e. The van der Waals surface area contributed by atoms with Gasteiger partial charge in [0, 0.05) is 21.7 Å². The zero-order valence-corrected chi connectivity index (χ0v) is 17.1. The van der Waals surface area contributed by atoms with Gasteiger partial charge in [-0.15, -0.1) is 0 Å². The van der Waals surface area contributed by atoms with E-state index in [0.29, 0.717) is 5.69 Å². The van der Waals surface area contributed by atoms with Crippen LogP contribution in [0.3, 0.4) is 0 Å². The van der Waals surface area contributed by atoms with Crippen LogP contribution in [0.4, 0.5) is 10.1 Å². The number of rotatable bonds is 5. The highest BCUT2D eigenvalue weighted by atomic mass is 35.5. The largest absolute Gasteiger partial charge is 0.375 e. The van der Waals surface area contributed by atoms with E-state index in [0.717, 1.165) is 0 Å². The van der Waals surface area contributed by atoms with Gasteiger partial charge in [-0.25, -0.2) is 4.39 Å². The molecule has 1 unspecified atom stereocenters. The number of hydrogen-bond donors (Lipinski definition) is 1. The van der Waals surface area contributed by atoms with Gasteiger partial charge in [0.05, 0.1) is 23.7 Å². The van der Waals surface area contributed by atoms with Gasteiger partial charge < -0.3 is 10.0 Å². The van der Waals surface area contributed by atoms with Crippen LogP contribution in [-0.4, -0.2) is 16.8 Å². The number of Topliss-reactive ketones (excluding diaryl/α,β-unsaturated/α-hetero) is 1. The summed E-state index contributed by atoms with van der Waals surface area (Å²) in [6.07, 6.45) is -0.492. The topological polar surface area (TPSA) is 57.6 Å². The fraction of sp³-hybridized carbons (Fsp3) is 0.130. The van der Waals surface area contributed by atoms with Crippen molar-refractivity contribution in [1.82, 2.24) is 0 Å². The Morgan fingerprint density at radius 2 is 1.63 bits per heavy atom. The molecule has 0 aromatic heterocycles. The summed E-state index contributed by atoms with van der Waals surface area (Å²) in [4.78, 5) is 27.4. The Labute approximate surface area is 182 Å². The molecule has 1 N–H and O–H groups in total. The number of carbonyl (C=O) groups excluding carboxylic acids is 2. The number of nitrogens with zero attached hydrogens (tertiary/aromatic N) is 1. The van der Waals surface area contributed by atoms with Crippen molar-refractivity contribution < 1.29 is 19.1 Å². The Morgan fingerprint density at radius 3 is 2.37 bits per heavy atom. The van der Waals surface area contributed by atoms with E-state index in [-0.39, 0.29) is 33.3 Å². The molecule has 0 saturated heterocycles. The zero-order valence-electron chi connectivity index (χ0n) is 15.6. The number of amides is 1. The predicted octanol–water partition coefficient (Wildman–Crippen LogP) is 5.14. The first-order valence-corrected chi connectivity index (χ1v) is 9.93. The molecule has 1 amide bonds. The molecule has 1 atom stereocenters. The lowest BCUT2D eigenvalue weighted by Crippen LogP contribution is -2.41. The van der Waals surface area contributed by atoms with E-state index < -0.39 is 29.5 Å². The Morgan fingerprint density at radius 1 is 0.967 bits per heavy atom. The van der Waals surface area contributed by atoms with Crippen molar-refractivity contribution >= 4 is 40.6 Å². The summed E-state index contributed by atoms with van der Waals surface area (Å²) >= 11 is 12.2. The second kappa shape index (κ2) is 7.84. The van der Waals surface area contributed by atoms with E-state index in [1.54, 1.807) is 42.5 Å². The summed E-state index contributed by atoms with van der Waals surface area (Å²) in [7, 11) is 0. The number of aliphatic hydroxyl groups is 1. The molecule has 1 aliphatic heterocycles. The summed E-state index contributed by atoms with van der Waals surface area (Å²) in [5, 5.41) is 11.7. The molecule has 4 rings (SSSR count). The van der Waals surface area contributed by atoms with Crippen molar-refractivity contribution in [2.24, 2.45) is 0 Å². The average molecular weight is 444 g/mol. The summed E-state index contributed by atoms with van der Waals surface area (Å²) in [5.41, 5.74) is -1.07. The fourth-order valence-corrected chi connectivity index (χ4v) is 4.15. The fourth-order valence-electron chi connectivity index (χ4n) is 3.69. The molecule has 0 fully saturated rings. The molecule has 0 saturated carbocycles. The number of para-hydroxylation sites is 1. The van der Waals surface area contributed by atoms with Crippen molar-refractivity contribution in [3.8, 4) is 0 Å². The van der Waals surface area contributed by atoms with E-state index in [1.807, 2.05) is 0 Å². The molecule has 3 aromatic rings. The van der Waals surface area contributed by atoms with Crippen LogP contribution < -0.4 is 4.90 Å². The number of ketones is 1. The van der Waals surface area contributed by atoms with Crippen LogP contribution in [0.5, 0.6) is 0 Å². The number of anilines is 1. The first-order valence-electron chi connectivity index (χ1n) is 9.17. The van der Waals surface area contributed by atoms with Crippen molar-refractivity contribution in [2.45, 2.75) is 18.6 Å². The molecule has 3 aromatic carbocycles. The number of carbonyl (C=O) groups is 2. The maximum Gasteiger partial charge on any atom is 0.264 e. The Bertz CT molecular complexity index is 1150. The van der Waals surface area contributed by atoms with Crippen molar-refractivity contribution in [3.63, 3.8) is 0 Å². The molecule has 0 spiro atoms. The monoisotopic (exact) mass is 443 g/mol. The number of hydrogen-bond acceptors (Lipinski definition) is 3. The number of halogens is 3. The highest BCUT2D eigenvalue weighted by Crippen LogP contribution is 2.44. The third-order valence-corrected chi connectivity index (χ3v) is 5.89. The Balaban J connectivity index is 1.73. The Hall–Kier alpha value is -2.73. The van der Waals surface area contributed by atoms with Crippen molar-refractivity contribution in [2.75, 3.05) is 4.90 Å². The molecule has 0 aliphatic carbocycles. The van der Waals surface area contributed by atoms with E-state index >= 15 is 0 Å². The van der Waals surface area contributed by atoms with Crippen LogP contribution in [0.1, 0.15) is 27.9 Å². The van der Waals surface area contributed by atoms with Crippen LogP contribution in [0.15, 0.2) is 66.7 Å². The van der Waals surface area contributed by atoms with Gasteiger partial charge in [0.15, 0.2) is 11.4 Å². The van der Waals surface area contributed by atoms with E-state index in [1.165, 1.54) is 29.2 Å². The minimum absolute atomic E-state index is 0.129. The molecule has 30 heavy (non-hydrogen) atoms. The van der Waals surface area contributed by atoms with E-state index in [9.17, 15) is 19.1 Å². The lowest BCUT2D eigenvalue weighted by atomic mass is 9.88. The summed E-state index contributed by atoms with van der Waals surface area (Å²) in [6.45, 7) is -0.177. The van der Waals surface area contributed by atoms with Crippen LogP contribution in [0.25, 0.3) is 0 Å². The summed E-state index contributed by atoms with van der Waals surface area (Å²) < 4.78 is 14.3. The quantitative estimate of drug-likeness (QED) is 0.555. The van der Waals surface area contributed by atoms with Crippen LogP contribution >= 0.6 is 23.2 Å². The molecular formula is C23H16Cl2FNO3. The van der Waals surface area contributed by atoms with E-state index in [4.69, 9.17) is 23.2 Å². The normalized spacial score (nSPS) is 17.9. The number of fused-ring (bicyclic) bond motifs is 1. The van der Waals surface area contributed by atoms with Gasteiger partial charge in [-0.3, -0.25) is 9.59 Å². The first kappa shape index (κ1) is 20.5. The molecule has 0 radical (unpaired) electrons. The van der Waals surface area contributed by atoms with Crippen LogP contribution in [0, 0.1) is 5.82 Å². The minimum Gasteiger partial charge on any atom is -0.375 e. The molecule has 4 nitrogen and oxygen atoms in total. The third-order valence-electron chi connectivity index (χ3n) is 5.21. The third kappa shape index (κ3) is 3.39. The molecule has 1 heterocycles. The van der Waals surface area contributed by atoms with Gasteiger partial charge in [-0.1, -0.05) is 59.6 Å². The lowest BCUT2D eigenvalue weighted by molar-refractivity contribution is -0.136. The predicted molar refractivity (Wildman–Crippen MR) is 113 cm³/mol. The summed E-state index contributed by atoms with van der Waals surface area (Å²) in [6, 6.07) is 17.3. The molecule has 7 heteroatoms. The second-order valence-corrected chi connectivity index (χ2v) is 7.86. The van der Waals surface area contributed by atoms with Gasteiger partial charge in [0.1, 0.15) is 5.82 Å². The van der Waals surface area contributed by atoms with Gasteiger partial charge in [-0.2, -0.15) is 0 Å². The van der Waals surface area contributed by atoms with Gasteiger partial charge in [0.2, 0.25) is 0 Å². The highest BCUT2D eigenvalue weighted by molar-refractivity contribution is 6.34. The molecule has 1 aliphatic rings. The van der Waals surface area contributed by atoms with Gasteiger partial charge >= 0.3 is 0 Å².